The number of hydrogen-bond acceptors (Lipinski definition) is 4. The zero-order chi connectivity index (χ0) is 14.8. The fourth-order valence-electron chi connectivity index (χ4n) is 2.10. The minimum Gasteiger partial charge on any atom is -0.481 e. The van der Waals surface area contributed by atoms with Gasteiger partial charge in [0.2, 0.25) is 0 Å². The number of amides is 2. The van der Waals surface area contributed by atoms with Gasteiger partial charge in [-0.25, -0.2) is 9.78 Å². The normalized spacial score (nSPS) is 16.5. The fraction of sp³-hybridized carbons (Fsp3) is 0.615. The molecule has 2 amide bonds. The molecule has 0 spiro atoms. The smallest absolute Gasteiger partial charge is 0.315 e. The van der Waals surface area contributed by atoms with Gasteiger partial charge in [0.05, 0.1) is 12.0 Å². The molecule has 0 radical (unpaired) electrons. The van der Waals surface area contributed by atoms with Gasteiger partial charge in [-0.1, -0.05) is 0 Å². The monoisotopic (exact) mass is 297 g/mol. The molecule has 1 unspecified atom stereocenters. The summed E-state index contributed by atoms with van der Waals surface area (Å²) >= 11 is 1.47. The molecule has 1 aromatic rings. The third-order valence-corrected chi connectivity index (χ3v) is 4.39. The molecule has 0 bridgehead atoms. The average molecular weight is 297 g/mol. The van der Waals surface area contributed by atoms with Crippen LogP contribution in [0.15, 0.2) is 11.6 Å². The maximum absolute atomic E-state index is 12.0. The molecule has 1 aliphatic carbocycles. The van der Waals surface area contributed by atoms with Gasteiger partial charge in [-0.05, 0) is 32.6 Å². The standard InChI is InChI=1S/C13H19N3O3S/c1-13(2,11-14-5-6-20-11)16-12(19)15-9(7-10(17)18)8-3-4-8/h5-6,8-9H,3-4,7H2,1-2H3,(H,17,18)(H2,15,16,19). The van der Waals surface area contributed by atoms with E-state index in [2.05, 4.69) is 15.6 Å². The molecular weight excluding hydrogens is 278 g/mol. The summed E-state index contributed by atoms with van der Waals surface area (Å²) in [6.45, 7) is 3.74. The summed E-state index contributed by atoms with van der Waals surface area (Å²) in [6.07, 6.45) is 3.62. The van der Waals surface area contributed by atoms with Crippen LogP contribution in [0.1, 0.15) is 38.1 Å². The predicted molar refractivity (Wildman–Crippen MR) is 75.6 cm³/mol. The van der Waals surface area contributed by atoms with Crippen LogP contribution >= 0.6 is 11.3 Å². The van der Waals surface area contributed by atoms with Crippen molar-refractivity contribution in [3.8, 4) is 0 Å². The van der Waals surface area contributed by atoms with E-state index in [0.717, 1.165) is 17.8 Å². The maximum atomic E-state index is 12.0. The van der Waals surface area contributed by atoms with E-state index in [0.29, 0.717) is 5.92 Å². The van der Waals surface area contributed by atoms with Gasteiger partial charge in [-0.2, -0.15) is 0 Å². The van der Waals surface area contributed by atoms with E-state index in [1.807, 2.05) is 19.2 Å². The highest BCUT2D eigenvalue weighted by Crippen LogP contribution is 2.34. The molecule has 3 N–H and O–H groups in total. The minimum absolute atomic E-state index is 0.0320. The first-order chi connectivity index (χ1) is 9.38. The summed E-state index contributed by atoms with van der Waals surface area (Å²) in [6, 6.07) is -0.636. The first-order valence-corrected chi connectivity index (χ1v) is 7.47. The summed E-state index contributed by atoms with van der Waals surface area (Å²) < 4.78 is 0. The van der Waals surface area contributed by atoms with Crippen molar-refractivity contribution in [2.45, 2.75) is 44.7 Å². The average Bonchev–Trinajstić information content (AvgIpc) is 3.01. The molecule has 1 fully saturated rings. The van der Waals surface area contributed by atoms with E-state index < -0.39 is 11.5 Å². The Labute approximate surface area is 121 Å². The first kappa shape index (κ1) is 14.8. The fourth-order valence-corrected chi connectivity index (χ4v) is 2.81. The van der Waals surface area contributed by atoms with Crippen LogP contribution in [0.4, 0.5) is 4.79 Å². The number of thiazole rings is 1. The van der Waals surface area contributed by atoms with Crippen LogP contribution in [-0.4, -0.2) is 28.1 Å². The Balaban J connectivity index is 1.92. The molecule has 6 nitrogen and oxygen atoms in total. The van der Waals surface area contributed by atoms with E-state index in [4.69, 9.17) is 5.11 Å². The van der Waals surface area contributed by atoms with Crippen LogP contribution < -0.4 is 10.6 Å². The summed E-state index contributed by atoms with van der Waals surface area (Å²) in [7, 11) is 0. The lowest BCUT2D eigenvalue weighted by Crippen LogP contribution is -2.50. The SMILES string of the molecule is CC(C)(NC(=O)NC(CC(=O)O)C1CC1)c1nccs1. The molecule has 0 saturated heterocycles. The zero-order valence-electron chi connectivity index (χ0n) is 11.5. The van der Waals surface area contributed by atoms with Crippen molar-refractivity contribution in [3.05, 3.63) is 16.6 Å². The maximum Gasteiger partial charge on any atom is 0.315 e. The topological polar surface area (TPSA) is 91.3 Å². The summed E-state index contributed by atoms with van der Waals surface area (Å²) in [4.78, 5) is 27.1. The van der Waals surface area contributed by atoms with Crippen LogP contribution in [-0.2, 0) is 10.3 Å². The second-order valence-electron chi connectivity index (χ2n) is 5.60. The molecule has 7 heteroatoms. The van der Waals surface area contributed by atoms with Crippen molar-refractivity contribution in [2.24, 2.45) is 5.92 Å². The third-order valence-electron chi connectivity index (χ3n) is 3.30. The number of carboxylic acid groups (broad SMARTS) is 1. The highest BCUT2D eigenvalue weighted by Gasteiger charge is 2.35. The van der Waals surface area contributed by atoms with Crippen molar-refractivity contribution in [1.82, 2.24) is 15.6 Å². The van der Waals surface area contributed by atoms with Gasteiger partial charge >= 0.3 is 12.0 Å². The van der Waals surface area contributed by atoms with Gasteiger partial charge in [0.1, 0.15) is 5.01 Å². The van der Waals surface area contributed by atoms with Crippen molar-refractivity contribution in [3.63, 3.8) is 0 Å². The van der Waals surface area contributed by atoms with E-state index in [1.165, 1.54) is 11.3 Å². The highest BCUT2D eigenvalue weighted by molar-refractivity contribution is 7.09. The number of carbonyl (C=O) groups is 2. The minimum atomic E-state index is -0.888. The Morgan fingerprint density at radius 2 is 2.25 bits per heavy atom. The number of aliphatic carboxylic acids is 1. The largest absolute Gasteiger partial charge is 0.481 e. The molecule has 1 aromatic heterocycles. The van der Waals surface area contributed by atoms with E-state index in [1.54, 1.807) is 6.20 Å². The highest BCUT2D eigenvalue weighted by atomic mass is 32.1. The number of rotatable bonds is 6. The third kappa shape index (κ3) is 3.93. The molecule has 1 atom stereocenters. The second kappa shape index (κ2) is 5.78. The molecule has 2 rings (SSSR count). The lowest BCUT2D eigenvalue weighted by atomic mass is 10.1. The quantitative estimate of drug-likeness (QED) is 0.748. The van der Waals surface area contributed by atoms with Crippen molar-refractivity contribution < 1.29 is 14.7 Å². The van der Waals surface area contributed by atoms with Gasteiger partial charge in [0.25, 0.3) is 0 Å². The van der Waals surface area contributed by atoms with Crippen molar-refractivity contribution in [1.29, 1.82) is 0 Å². The Bertz CT molecular complexity index is 483. The molecule has 1 aliphatic rings. The number of hydrogen-bond donors (Lipinski definition) is 3. The van der Waals surface area contributed by atoms with E-state index in [-0.39, 0.29) is 18.5 Å². The lowest BCUT2D eigenvalue weighted by molar-refractivity contribution is -0.137. The van der Waals surface area contributed by atoms with Gasteiger partial charge in [-0.3, -0.25) is 4.79 Å². The Morgan fingerprint density at radius 3 is 2.75 bits per heavy atom. The van der Waals surface area contributed by atoms with Crippen molar-refractivity contribution >= 4 is 23.3 Å². The molecular formula is C13H19N3O3S. The lowest BCUT2D eigenvalue weighted by Gasteiger charge is -2.26. The van der Waals surface area contributed by atoms with Crippen LogP contribution in [0, 0.1) is 5.92 Å². The van der Waals surface area contributed by atoms with Crippen LogP contribution in [0.25, 0.3) is 0 Å². The Hall–Kier alpha value is -1.63. The second-order valence-corrected chi connectivity index (χ2v) is 6.50. The summed E-state index contributed by atoms with van der Waals surface area (Å²) in [5.41, 5.74) is -0.574. The van der Waals surface area contributed by atoms with Crippen LogP contribution in [0.2, 0.25) is 0 Å². The predicted octanol–water partition coefficient (Wildman–Crippen LogP) is 1.93. The molecule has 20 heavy (non-hydrogen) atoms. The number of nitrogens with one attached hydrogen (secondary N) is 2. The van der Waals surface area contributed by atoms with Crippen LogP contribution in [0.5, 0.6) is 0 Å². The van der Waals surface area contributed by atoms with Crippen LogP contribution in [0.3, 0.4) is 0 Å². The summed E-state index contributed by atoms with van der Waals surface area (Å²) in [5, 5.41) is 17.2. The number of urea groups is 1. The van der Waals surface area contributed by atoms with Gasteiger partial charge in [0.15, 0.2) is 0 Å². The molecule has 0 aliphatic heterocycles. The van der Waals surface area contributed by atoms with E-state index >= 15 is 0 Å². The van der Waals surface area contributed by atoms with Gasteiger partial charge < -0.3 is 15.7 Å². The number of carboxylic acids is 1. The molecule has 1 saturated carbocycles. The number of carbonyl (C=O) groups excluding carboxylic acids is 1. The van der Waals surface area contributed by atoms with Gasteiger partial charge in [0, 0.05) is 17.6 Å². The molecule has 0 aromatic carbocycles. The molecule has 110 valence electrons. The molecule has 1 heterocycles. The van der Waals surface area contributed by atoms with E-state index in [9.17, 15) is 9.59 Å². The van der Waals surface area contributed by atoms with Crippen molar-refractivity contribution in [2.75, 3.05) is 0 Å². The number of aromatic nitrogens is 1. The zero-order valence-corrected chi connectivity index (χ0v) is 12.4. The Morgan fingerprint density at radius 1 is 1.55 bits per heavy atom. The Kier molecular flexibility index (Phi) is 4.27. The number of nitrogens with zero attached hydrogens (tertiary/aromatic N) is 1. The first-order valence-electron chi connectivity index (χ1n) is 6.59. The van der Waals surface area contributed by atoms with Gasteiger partial charge in [-0.15, -0.1) is 11.3 Å². The summed E-state index contributed by atoms with van der Waals surface area (Å²) in [5.74, 6) is -0.596.